The van der Waals surface area contributed by atoms with Crippen molar-refractivity contribution in [3.63, 3.8) is 0 Å². The normalized spacial score (nSPS) is 33.4. The molecule has 2 aliphatic rings. The van der Waals surface area contributed by atoms with Crippen LogP contribution in [-0.4, -0.2) is 34.9 Å². The average Bonchev–Trinajstić information content (AvgIpc) is 2.65. The molecule has 1 saturated heterocycles. The highest BCUT2D eigenvalue weighted by Crippen LogP contribution is 2.31. The zero-order chi connectivity index (χ0) is 13.3. The Labute approximate surface area is 105 Å². The minimum absolute atomic E-state index is 0.338. The molecule has 0 amide bonds. The molecule has 96 valence electrons. The van der Waals surface area contributed by atoms with Gasteiger partial charge in [-0.2, -0.15) is 0 Å². The van der Waals surface area contributed by atoms with Crippen molar-refractivity contribution < 1.29 is 19.4 Å². The van der Waals surface area contributed by atoms with Gasteiger partial charge in [0.25, 0.3) is 0 Å². The number of ether oxygens (including phenoxy) is 1. The highest BCUT2D eigenvalue weighted by atomic mass is 16.6. The molecule has 1 fully saturated rings. The van der Waals surface area contributed by atoms with Crippen LogP contribution >= 0.6 is 0 Å². The van der Waals surface area contributed by atoms with E-state index < -0.39 is 23.8 Å². The quantitative estimate of drug-likeness (QED) is 0.703. The lowest BCUT2D eigenvalue weighted by Crippen LogP contribution is -2.45. The van der Waals surface area contributed by atoms with Gasteiger partial charge in [0.15, 0.2) is 6.10 Å². The van der Waals surface area contributed by atoms with E-state index in [1.807, 2.05) is 5.94 Å². The number of aliphatic carboxylic acids is 1. The molecule has 5 nitrogen and oxygen atoms in total. The largest absolute Gasteiger partial charge is 0.479 e. The van der Waals surface area contributed by atoms with E-state index in [4.69, 9.17) is 4.74 Å². The maximum atomic E-state index is 11.2. The number of allylic oxidation sites excluding steroid dienone is 3. The SMILES string of the molecule is CC1(C)NC(C2C=CC=CC2=C=O)C(C(=O)O)O1. The van der Waals surface area contributed by atoms with Gasteiger partial charge in [0.2, 0.25) is 0 Å². The number of rotatable bonds is 2. The highest BCUT2D eigenvalue weighted by molar-refractivity contribution is 5.74. The molecule has 0 aromatic carbocycles. The van der Waals surface area contributed by atoms with Crippen LogP contribution in [0.4, 0.5) is 0 Å². The number of carbonyl (C=O) groups is 1. The molecule has 5 heteroatoms. The number of nitrogens with one attached hydrogen (secondary N) is 1. The lowest BCUT2D eigenvalue weighted by Gasteiger charge is -2.24. The third kappa shape index (κ3) is 2.29. The summed E-state index contributed by atoms with van der Waals surface area (Å²) in [7, 11) is 0. The van der Waals surface area contributed by atoms with Crippen LogP contribution < -0.4 is 5.32 Å². The molecule has 0 saturated carbocycles. The van der Waals surface area contributed by atoms with Gasteiger partial charge in [-0.25, -0.2) is 9.59 Å². The number of hydrogen-bond acceptors (Lipinski definition) is 4. The molecular formula is C13H15NO4. The summed E-state index contributed by atoms with van der Waals surface area (Å²) in [5.74, 6) is 0.484. The summed E-state index contributed by atoms with van der Waals surface area (Å²) in [6, 6.07) is -0.477. The van der Waals surface area contributed by atoms with Crippen LogP contribution in [0.1, 0.15) is 13.8 Å². The predicted molar refractivity (Wildman–Crippen MR) is 64.5 cm³/mol. The van der Waals surface area contributed by atoms with Crippen molar-refractivity contribution in [3.05, 3.63) is 29.9 Å². The van der Waals surface area contributed by atoms with E-state index in [1.165, 1.54) is 0 Å². The molecule has 0 radical (unpaired) electrons. The van der Waals surface area contributed by atoms with Crippen LogP contribution in [0.2, 0.25) is 0 Å². The first-order valence-corrected chi connectivity index (χ1v) is 5.73. The lowest BCUT2D eigenvalue weighted by atomic mass is 9.86. The van der Waals surface area contributed by atoms with Gasteiger partial charge in [0.05, 0.1) is 6.04 Å². The zero-order valence-electron chi connectivity index (χ0n) is 10.2. The van der Waals surface area contributed by atoms with Gasteiger partial charge < -0.3 is 9.84 Å². The minimum atomic E-state index is -1.04. The minimum Gasteiger partial charge on any atom is -0.479 e. The third-order valence-electron chi connectivity index (χ3n) is 3.07. The molecule has 0 aromatic heterocycles. The van der Waals surface area contributed by atoms with Gasteiger partial charge in [0, 0.05) is 11.5 Å². The fraction of sp³-hybridized carbons (Fsp3) is 0.462. The Morgan fingerprint density at radius 2 is 2.22 bits per heavy atom. The van der Waals surface area contributed by atoms with E-state index in [1.54, 1.807) is 38.2 Å². The molecule has 1 aliphatic heterocycles. The Morgan fingerprint density at radius 1 is 1.50 bits per heavy atom. The first-order chi connectivity index (χ1) is 8.44. The molecule has 3 unspecified atom stereocenters. The van der Waals surface area contributed by atoms with E-state index in [9.17, 15) is 14.7 Å². The van der Waals surface area contributed by atoms with Crippen molar-refractivity contribution >= 4 is 11.9 Å². The van der Waals surface area contributed by atoms with Crippen molar-refractivity contribution in [1.29, 1.82) is 0 Å². The average molecular weight is 249 g/mol. The monoisotopic (exact) mass is 249 g/mol. The molecular weight excluding hydrogens is 234 g/mol. The van der Waals surface area contributed by atoms with E-state index in [0.717, 1.165) is 0 Å². The molecule has 2 rings (SSSR count). The Bertz CT molecular complexity index is 471. The summed E-state index contributed by atoms with van der Waals surface area (Å²) >= 11 is 0. The predicted octanol–water partition coefficient (Wildman–Crippen LogP) is 0.664. The van der Waals surface area contributed by atoms with E-state index in [-0.39, 0.29) is 5.92 Å². The second-order valence-electron chi connectivity index (χ2n) is 4.88. The first-order valence-electron chi connectivity index (χ1n) is 5.73. The second-order valence-corrected chi connectivity index (χ2v) is 4.88. The molecule has 0 spiro atoms. The van der Waals surface area contributed by atoms with Gasteiger partial charge in [-0.05, 0) is 19.9 Å². The number of carboxylic acids is 1. The first kappa shape index (κ1) is 12.8. The van der Waals surface area contributed by atoms with E-state index in [0.29, 0.717) is 5.57 Å². The maximum absolute atomic E-state index is 11.2. The third-order valence-corrected chi connectivity index (χ3v) is 3.07. The number of carboxylic acid groups (broad SMARTS) is 1. The summed E-state index contributed by atoms with van der Waals surface area (Å²) in [5.41, 5.74) is -0.293. The van der Waals surface area contributed by atoms with Crippen LogP contribution in [0.5, 0.6) is 0 Å². The molecule has 18 heavy (non-hydrogen) atoms. The van der Waals surface area contributed by atoms with Crippen molar-refractivity contribution in [2.24, 2.45) is 5.92 Å². The molecule has 1 heterocycles. The summed E-state index contributed by atoms with van der Waals surface area (Å²) in [6.45, 7) is 3.52. The highest BCUT2D eigenvalue weighted by Gasteiger charge is 2.47. The van der Waals surface area contributed by atoms with Crippen LogP contribution in [0.15, 0.2) is 29.9 Å². The van der Waals surface area contributed by atoms with Crippen LogP contribution in [0.3, 0.4) is 0 Å². The van der Waals surface area contributed by atoms with Gasteiger partial charge in [-0.1, -0.05) is 18.2 Å². The Balaban J connectivity index is 2.31. The lowest BCUT2D eigenvalue weighted by molar-refractivity contribution is -0.153. The Hall–Kier alpha value is -1.68. The smallest absolute Gasteiger partial charge is 0.334 e. The van der Waals surface area contributed by atoms with Crippen LogP contribution in [0.25, 0.3) is 0 Å². The molecule has 0 aromatic rings. The van der Waals surface area contributed by atoms with E-state index >= 15 is 0 Å². The zero-order valence-corrected chi connectivity index (χ0v) is 10.2. The Morgan fingerprint density at radius 3 is 2.83 bits per heavy atom. The number of carbonyl (C=O) groups excluding carboxylic acids is 1. The standard InChI is InChI=1S/C13H15NO4/c1-13(2)14-10(11(18-13)12(16)17)9-6-4-3-5-8(9)7-15/h3-6,9-11,14H,1-2H3,(H,16,17). The summed E-state index contributed by atoms with van der Waals surface area (Å²) < 4.78 is 5.46. The van der Waals surface area contributed by atoms with Gasteiger partial charge in [-0.3, -0.25) is 5.32 Å². The summed E-state index contributed by atoms with van der Waals surface area (Å²) in [4.78, 5) is 22.1. The molecule has 1 aliphatic carbocycles. The molecule has 2 N–H and O–H groups in total. The number of hydrogen-bond donors (Lipinski definition) is 2. The van der Waals surface area contributed by atoms with Crippen molar-refractivity contribution in [2.75, 3.05) is 0 Å². The van der Waals surface area contributed by atoms with Crippen LogP contribution in [-0.2, 0) is 14.3 Å². The second kappa shape index (κ2) is 4.53. The maximum Gasteiger partial charge on any atom is 0.334 e. The van der Waals surface area contributed by atoms with Gasteiger partial charge in [-0.15, -0.1) is 0 Å². The fourth-order valence-corrected chi connectivity index (χ4v) is 2.36. The van der Waals surface area contributed by atoms with Crippen molar-refractivity contribution in [3.8, 4) is 0 Å². The Kier molecular flexibility index (Phi) is 3.22. The van der Waals surface area contributed by atoms with E-state index in [2.05, 4.69) is 5.32 Å². The van der Waals surface area contributed by atoms with Crippen molar-refractivity contribution in [1.82, 2.24) is 5.32 Å². The van der Waals surface area contributed by atoms with Crippen LogP contribution in [0, 0.1) is 5.92 Å². The summed E-state index contributed by atoms with van der Waals surface area (Å²) in [6.07, 6.45) is 5.97. The van der Waals surface area contributed by atoms with Gasteiger partial charge >= 0.3 is 5.97 Å². The van der Waals surface area contributed by atoms with Crippen molar-refractivity contribution in [2.45, 2.75) is 31.7 Å². The van der Waals surface area contributed by atoms with Gasteiger partial charge in [0.1, 0.15) is 11.7 Å². The molecule has 0 bridgehead atoms. The topological polar surface area (TPSA) is 75.6 Å². The summed E-state index contributed by atoms with van der Waals surface area (Å²) in [5, 5.41) is 12.3. The molecule has 3 atom stereocenters. The fourth-order valence-electron chi connectivity index (χ4n) is 2.36.